The molecular weight excluding hydrogens is 593 g/mol. The second-order valence-electron chi connectivity index (χ2n) is 12.7. The standard InChI is InChI=1S/C34H36FN5O4S/c1-34(2,3)44-33(42)37-23-7-6-12-39(19-23)32(41)30-17-26(20-8-11-29(36-4)27(35)14-20)31(45-30)21-9-10-28-22(13-21)18-40(38-28)24-15-25(16-24)43-5/h8-11,13-14,17-18,23-25H,6-7,12,15-16,19H2,1-3,5H3,(H,37,42)/t23-,24?,25?/m1/s1. The third-order valence-electron chi connectivity index (χ3n) is 8.31. The molecule has 1 atom stereocenters. The smallest absolute Gasteiger partial charge is 0.407 e. The van der Waals surface area contributed by atoms with Gasteiger partial charge in [-0.25, -0.2) is 14.0 Å². The first-order chi connectivity index (χ1) is 21.5. The van der Waals surface area contributed by atoms with Crippen molar-refractivity contribution in [3.05, 3.63) is 70.8 Å². The zero-order valence-corrected chi connectivity index (χ0v) is 26.6. The first kappa shape index (κ1) is 30.7. The van der Waals surface area contributed by atoms with Gasteiger partial charge in [0.25, 0.3) is 5.91 Å². The predicted molar refractivity (Wildman–Crippen MR) is 172 cm³/mol. The first-order valence-corrected chi connectivity index (χ1v) is 15.9. The quantitative estimate of drug-likeness (QED) is 0.222. The number of hydrogen-bond acceptors (Lipinski definition) is 6. The third-order valence-corrected chi connectivity index (χ3v) is 9.49. The number of hydrogen-bond donors (Lipinski definition) is 1. The average Bonchev–Trinajstić information content (AvgIpc) is 3.60. The number of fused-ring (bicyclic) bond motifs is 1. The van der Waals surface area contributed by atoms with Crippen LogP contribution in [0.2, 0.25) is 0 Å². The monoisotopic (exact) mass is 629 g/mol. The van der Waals surface area contributed by atoms with E-state index in [2.05, 4.69) is 16.2 Å². The van der Waals surface area contributed by atoms with E-state index in [1.54, 1.807) is 18.1 Å². The average molecular weight is 630 g/mol. The minimum Gasteiger partial charge on any atom is -0.444 e. The van der Waals surface area contributed by atoms with Crippen molar-refractivity contribution >= 4 is 39.9 Å². The van der Waals surface area contributed by atoms with Gasteiger partial charge in [0, 0.05) is 48.3 Å². The minimum atomic E-state index is -0.615. The molecule has 4 aromatic rings. The lowest BCUT2D eigenvalue weighted by atomic mass is 9.89. The number of nitrogens with zero attached hydrogens (tertiary/aromatic N) is 4. The van der Waals surface area contributed by atoms with Crippen LogP contribution in [0.1, 0.15) is 62.2 Å². The molecule has 234 valence electrons. The SMILES string of the molecule is [C-]#[N+]c1ccc(-c2cc(C(=O)N3CCC[C@@H](NC(=O)OC(C)(C)C)C3)sc2-c2ccc3nn(C4CC(OC)C4)cc3c2)cc1F. The molecular formula is C34H36FN5O4S. The van der Waals surface area contributed by atoms with Gasteiger partial charge in [0.05, 0.1) is 29.1 Å². The Hall–Kier alpha value is -4.27. The molecule has 45 heavy (non-hydrogen) atoms. The van der Waals surface area contributed by atoms with Crippen molar-refractivity contribution in [1.29, 1.82) is 0 Å². The zero-order chi connectivity index (χ0) is 31.9. The molecule has 2 aromatic carbocycles. The van der Waals surface area contributed by atoms with E-state index in [-0.39, 0.29) is 23.7 Å². The van der Waals surface area contributed by atoms with E-state index in [0.717, 1.165) is 47.0 Å². The van der Waals surface area contributed by atoms with Gasteiger partial charge in [0.15, 0.2) is 0 Å². The van der Waals surface area contributed by atoms with Gasteiger partial charge in [-0.2, -0.15) is 5.10 Å². The van der Waals surface area contributed by atoms with Crippen LogP contribution in [0.25, 0.3) is 37.3 Å². The second kappa shape index (κ2) is 12.3. The fourth-order valence-corrected chi connectivity index (χ4v) is 7.06. The Morgan fingerprint density at radius 2 is 1.91 bits per heavy atom. The molecule has 11 heteroatoms. The fourth-order valence-electron chi connectivity index (χ4n) is 5.92. The molecule has 2 aliphatic rings. The molecule has 2 fully saturated rings. The van der Waals surface area contributed by atoms with Crippen molar-refractivity contribution in [3.8, 4) is 21.6 Å². The molecule has 1 aliphatic heterocycles. The van der Waals surface area contributed by atoms with Gasteiger partial charge in [0.1, 0.15) is 11.4 Å². The summed E-state index contributed by atoms with van der Waals surface area (Å²) in [5, 5.41) is 8.66. The summed E-state index contributed by atoms with van der Waals surface area (Å²) in [5.74, 6) is -0.751. The molecule has 1 saturated carbocycles. The maximum atomic E-state index is 14.8. The lowest BCUT2D eigenvalue weighted by Gasteiger charge is -2.34. The van der Waals surface area contributed by atoms with Crippen molar-refractivity contribution in [1.82, 2.24) is 20.0 Å². The Kier molecular flexibility index (Phi) is 8.37. The van der Waals surface area contributed by atoms with Crippen LogP contribution in [0.5, 0.6) is 0 Å². The number of likely N-dealkylation sites (tertiary alicyclic amines) is 1. The number of thiophene rings is 1. The van der Waals surface area contributed by atoms with Crippen LogP contribution in [0.15, 0.2) is 48.7 Å². The Morgan fingerprint density at radius 1 is 1.13 bits per heavy atom. The van der Waals surface area contributed by atoms with Crippen LogP contribution in [0.3, 0.4) is 0 Å². The Balaban J connectivity index is 1.31. The van der Waals surface area contributed by atoms with E-state index in [1.807, 2.05) is 49.8 Å². The maximum Gasteiger partial charge on any atom is 0.407 e. The highest BCUT2D eigenvalue weighted by atomic mass is 32.1. The molecule has 0 radical (unpaired) electrons. The van der Waals surface area contributed by atoms with Gasteiger partial charge in [-0.15, -0.1) is 11.3 Å². The van der Waals surface area contributed by atoms with E-state index < -0.39 is 17.5 Å². The summed E-state index contributed by atoms with van der Waals surface area (Å²) < 4.78 is 27.7. The van der Waals surface area contributed by atoms with Crippen molar-refractivity contribution in [2.45, 2.75) is 70.2 Å². The van der Waals surface area contributed by atoms with Gasteiger partial charge in [-0.05, 0) is 81.8 Å². The number of benzene rings is 2. The molecule has 2 amide bonds. The van der Waals surface area contributed by atoms with Gasteiger partial charge in [-0.1, -0.05) is 18.2 Å². The Bertz CT molecular complexity index is 1800. The van der Waals surface area contributed by atoms with Crippen molar-refractivity contribution in [2.24, 2.45) is 0 Å². The summed E-state index contributed by atoms with van der Waals surface area (Å²) in [6.07, 6.45) is 5.15. The normalized spacial score (nSPS) is 20.0. The lowest BCUT2D eigenvalue weighted by molar-refractivity contribution is 0.00269. The van der Waals surface area contributed by atoms with Gasteiger partial charge in [-0.3, -0.25) is 9.48 Å². The van der Waals surface area contributed by atoms with E-state index >= 15 is 0 Å². The topological polar surface area (TPSA) is 90.0 Å². The minimum absolute atomic E-state index is 0.0517. The summed E-state index contributed by atoms with van der Waals surface area (Å²) in [4.78, 5) is 32.6. The number of piperidine rings is 1. The summed E-state index contributed by atoms with van der Waals surface area (Å²) in [6.45, 7) is 13.6. The number of alkyl carbamates (subject to hydrolysis) is 1. The molecule has 0 unspecified atom stereocenters. The van der Waals surface area contributed by atoms with Crippen LogP contribution >= 0.6 is 11.3 Å². The Labute approximate surface area is 265 Å². The van der Waals surface area contributed by atoms with Crippen LogP contribution in [0.4, 0.5) is 14.9 Å². The summed E-state index contributed by atoms with van der Waals surface area (Å²) >= 11 is 1.36. The number of ether oxygens (including phenoxy) is 2. The highest BCUT2D eigenvalue weighted by molar-refractivity contribution is 7.18. The van der Waals surface area contributed by atoms with Crippen molar-refractivity contribution < 1.29 is 23.5 Å². The van der Waals surface area contributed by atoms with Crippen LogP contribution < -0.4 is 5.32 Å². The maximum absolute atomic E-state index is 14.8. The van der Waals surface area contributed by atoms with Crippen LogP contribution in [-0.4, -0.2) is 64.6 Å². The predicted octanol–water partition coefficient (Wildman–Crippen LogP) is 7.60. The van der Waals surface area contributed by atoms with Gasteiger partial charge < -0.3 is 19.7 Å². The van der Waals surface area contributed by atoms with E-state index in [1.165, 1.54) is 23.5 Å². The number of nitrogens with one attached hydrogen (secondary N) is 1. The molecule has 0 spiro atoms. The van der Waals surface area contributed by atoms with Gasteiger partial charge >= 0.3 is 6.09 Å². The molecule has 1 saturated heterocycles. The number of methoxy groups -OCH3 is 1. The highest BCUT2D eigenvalue weighted by Gasteiger charge is 2.32. The fraction of sp³-hybridized carbons (Fsp3) is 0.412. The van der Waals surface area contributed by atoms with Crippen LogP contribution in [-0.2, 0) is 9.47 Å². The van der Waals surface area contributed by atoms with E-state index in [0.29, 0.717) is 35.1 Å². The number of carbonyl (C=O) groups excluding carboxylic acids is 2. The molecule has 1 aliphatic carbocycles. The number of amides is 2. The number of aromatic nitrogens is 2. The molecule has 0 bridgehead atoms. The zero-order valence-electron chi connectivity index (χ0n) is 25.8. The van der Waals surface area contributed by atoms with Crippen molar-refractivity contribution in [2.75, 3.05) is 20.2 Å². The van der Waals surface area contributed by atoms with E-state index in [9.17, 15) is 14.0 Å². The second-order valence-corrected chi connectivity index (χ2v) is 13.8. The van der Waals surface area contributed by atoms with E-state index in [4.69, 9.17) is 21.1 Å². The molecule has 6 rings (SSSR count). The summed E-state index contributed by atoms with van der Waals surface area (Å²) in [6, 6.07) is 12.4. The summed E-state index contributed by atoms with van der Waals surface area (Å²) in [7, 11) is 1.73. The molecule has 3 heterocycles. The highest BCUT2D eigenvalue weighted by Crippen LogP contribution is 2.42. The number of halogens is 1. The molecule has 9 nitrogen and oxygen atoms in total. The first-order valence-electron chi connectivity index (χ1n) is 15.1. The summed E-state index contributed by atoms with van der Waals surface area (Å²) in [5.41, 5.74) is 2.40. The largest absolute Gasteiger partial charge is 0.444 e. The van der Waals surface area contributed by atoms with Crippen molar-refractivity contribution in [3.63, 3.8) is 0 Å². The lowest BCUT2D eigenvalue weighted by Crippen LogP contribution is -2.50. The molecule has 1 N–H and O–H groups in total. The molecule has 2 aromatic heterocycles. The van der Waals surface area contributed by atoms with Crippen LogP contribution in [0, 0.1) is 12.4 Å². The number of rotatable bonds is 6. The van der Waals surface area contributed by atoms with Gasteiger partial charge in [0.2, 0.25) is 5.69 Å². The number of carbonyl (C=O) groups is 2. The Morgan fingerprint density at radius 3 is 2.62 bits per heavy atom. The third kappa shape index (κ3) is 6.58.